The second-order valence-corrected chi connectivity index (χ2v) is 28.2. The van der Waals surface area contributed by atoms with E-state index in [1.807, 2.05) is 20.8 Å². The summed E-state index contributed by atoms with van der Waals surface area (Å²) < 4.78 is 61.2. The number of fused-ring (bicyclic) bond motifs is 7. The van der Waals surface area contributed by atoms with Gasteiger partial charge in [-0.2, -0.15) is 0 Å². The van der Waals surface area contributed by atoms with Crippen molar-refractivity contribution in [2.75, 3.05) is 33.0 Å². The third-order valence-corrected chi connectivity index (χ3v) is 23.1. The second-order valence-electron chi connectivity index (χ2n) is 28.2. The Morgan fingerprint density at radius 3 is 1.79 bits per heavy atom. The molecule has 27 heteroatoms. The maximum absolute atomic E-state index is 13.9. The van der Waals surface area contributed by atoms with E-state index in [4.69, 9.17) is 47.4 Å². The summed E-state index contributed by atoms with van der Waals surface area (Å²) in [6, 6.07) is 0. The van der Waals surface area contributed by atoms with Crippen molar-refractivity contribution in [3.8, 4) is 0 Å². The molecule has 0 spiro atoms. The molecule has 0 aromatic rings. The fourth-order valence-electron chi connectivity index (χ4n) is 17.3. The molecule has 30 atom stereocenters. The molecule has 506 valence electrons. The minimum absolute atomic E-state index is 0.131. The third kappa shape index (κ3) is 11.7. The SMILES string of the molecule is C/C=C(/C)C(=O)O[C@H]1[C@H](OC(=O)/C(C)=C\C)[C@@]2(CO)C(CC1(C)C)C1=CCC3[C@@]4(C)CC[C@H](O[C@@H]5O[C@H](C(=O)O)[C@@H](O)[C@H](O[C@@H]6OC[C@H](O)[C@H](O)[C@H]6O[C@@H]6OC[C@@H](O)[C@H](O)[C@H]6O)[C@H]5O[C@@H]5O[C@H](CO)[C@H](O)[C@H](O)[C@H]5O)[C@@](C)(CO)C4CC[C@@]3(C)[C@]1(C)C[C@H]2O. The van der Waals surface area contributed by atoms with Crippen LogP contribution in [0.15, 0.2) is 34.9 Å². The number of hydrogen-bond acceptors (Lipinski definition) is 26. The van der Waals surface area contributed by atoms with E-state index in [0.29, 0.717) is 37.7 Å². The third-order valence-electron chi connectivity index (χ3n) is 23.1. The molecule has 14 N–H and O–H groups in total. The Morgan fingerprint density at radius 2 is 1.19 bits per heavy atom. The van der Waals surface area contributed by atoms with Crippen LogP contribution in [-0.2, 0) is 61.8 Å². The van der Waals surface area contributed by atoms with Gasteiger partial charge in [0.1, 0.15) is 85.5 Å². The van der Waals surface area contributed by atoms with Gasteiger partial charge in [0.15, 0.2) is 37.4 Å². The average Bonchev–Trinajstić information content (AvgIpc) is 0.671. The number of aliphatic carboxylic acids is 1. The lowest BCUT2D eigenvalue weighted by atomic mass is 9.33. The van der Waals surface area contributed by atoms with Crippen LogP contribution in [0.1, 0.15) is 114 Å². The maximum Gasteiger partial charge on any atom is 0.335 e. The smallest absolute Gasteiger partial charge is 0.335 e. The van der Waals surface area contributed by atoms with Crippen molar-refractivity contribution in [2.45, 2.75) is 249 Å². The van der Waals surface area contributed by atoms with Gasteiger partial charge in [0.05, 0.1) is 50.7 Å². The molecule has 8 fully saturated rings. The molecule has 0 aromatic carbocycles. The topological polar surface area (TPSA) is 427 Å². The largest absolute Gasteiger partial charge is 0.479 e. The van der Waals surface area contributed by atoms with Gasteiger partial charge < -0.3 is 119 Å². The van der Waals surface area contributed by atoms with Gasteiger partial charge >= 0.3 is 17.9 Å². The molecule has 0 aromatic heterocycles. The van der Waals surface area contributed by atoms with E-state index in [1.165, 1.54) is 0 Å². The quantitative estimate of drug-likeness (QED) is 0.0371. The van der Waals surface area contributed by atoms with Crippen LogP contribution in [0.4, 0.5) is 0 Å². The first kappa shape index (κ1) is 70.1. The van der Waals surface area contributed by atoms with Gasteiger partial charge in [-0.3, -0.25) is 0 Å². The van der Waals surface area contributed by atoms with Gasteiger partial charge in [0, 0.05) is 22.0 Å². The van der Waals surface area contributed by atoms with Gasteiger partial charge in [-0.05, 0) is 107 Å². The van der Waals surface area contributed by atoms with Gasteiger partial charge in [-0.25, -0.2) is 14.4 Å². The lowest BCUT2D eigenvalue weighted by Crippen LogP contribution is -2.72. The molecule has 4 aliphatic heterocycles. The van der Waals surface area contributed by atoms with Crippen LogP contribution in [0.25, 0.3) is 0 Å². The predicted octanol–water partition coefficient (Wildman–Crippen LogP) is -1.27. The number of rotatable bonds is 16. The number of aliphatic hydroxyl groups excluding tert-OH is 13. The lowest BCUT2D eigenvalue weighted by Gasteiger charge is -2.72. The van der Waals surface area contributed by atoms with Crippen molar-refractivity contribution in [1.82, 2.24) is 0 Å². The minimum atomic E-state index is -2.26. The Labute approximate surface area is 517 Å². The molecule has 9 rings (SSSR count). The second kappa shape index (κ2) is 26.2. The molecule has 27 nitrogen and oxygen atoms in total. The van der Waals surface area contributed by atoms with E-state index in [2.05, 4.69) is 26.8 Å². The number of aliphatic hydroxyl groups is 13. The zero-order valence-corrected chi connectivity index (χ0v) is 52.2. The van der Waals surface area contributed by atoms with Crippen LogP contribution in [0.3, 0.4) is 0 Å². The Kier molecular flexibility index (Phi) is 20.6. The van der Waals surface area contributed by atoms with Crippen LogP contribution >= 0.6 is 0 Å². The highest BCUT2D eigenvalue weighted by Crippen LogP contribution is 2.76. The summed E-state index contributed by atoms with van der Waals surface area (Å²) in [5, 5.41) is 156. The van der Waals surface area contributed by atoms with E-state index in [0.717, 1.165) is 5.57 Å². The number of hydrogen-bond donors (Lipinski definition) is 14. The zero-order valence-electron chi connectivity index (χ0n) is 52.2. The van der Waals surface area contributed by atoms with Gasteiger partial charge in [-0.1, -0.05) is 65.3 Å². The molecule has 0 amide bonds. The summed E-state index contributed by atoms with van der Waals surface area (Å²) in [5.41, 5.74) is -3.86. The normalized spacial score (nSPS) is 50.1. The monoisotopic (exact) mass is 1270 g/mol. The highest BCUT2D eigenvalue weighted by molar-refractivity contribution is 5.89. The summed E-state index contributed by atoms with van der Waals surface area (Å²) in [7, 11) is 0. The Morgan fingerprint density at radius 1 is 0.607 bits per heavy atom. The number of ether oxygens (including phenoxy) is 10. The molecule has 4 saturated carbocycles. The van der Waals surface area contributed by atoms with Gasteiger partial charge in [0.2, 0.25) is 0 Å². The maximum atomic E-state index is 13.9. The number of carboxylic acid groups (broad SMARTS) is 1. The van der Waals surface area contributed by atoms with Gasteiger partial charge in [-0.15, -0.1) is 0 Å². The first-order valence-electron chi connectivity index (χ1n) is 31.1. The molecule has 4 saturated heterocycles. The van der Waals surface area contributed by atoms with Crippen LogP contribution in [0, 0.1) is 50.2 Å². The fourth-order valence-corrected chi connectivity index (χ4v) is 17.3. The summed E-state index contributed by atoms with van der Waals surface area (Å²) >= 11 is 0. The van der Waals surface area contributed by atoms with Crippen molar-refractivity contribution < 1.29 is 133 Å². The van der Waals surface area contributed by atoms with E-state index in [9.17, 15) is 85.9 Å². The summed E-state index contributed by atoms with van der Waals surface area (Å²) in [4.78, 5) is 40.7. The molecule has 5 aliphatic carbocycles. The van der Waals surface area contributed by atoms with E-state index in [1.54, 1.807) is 39.8 Å². The van der Waals surface area contributed by atoms with Crippen molar-refractivity contribution in [1.29, 1.82) is 0 Å². The predicted molar refractivity (Wildman–Crippen MR) is 303 cm³/mol. The molecule has 0 radical (unpaired) electrons. The molecule has 4 heterocycles. The van der Waals surface area contributed by atoms with Crippen LogP contribution < -0.4 is 0 Å². The Hall–Kier alpha value is -3.21. The average molecular weight is 1270 g/mol. The highest BCUT2D eigenvalue weighted by atomic mass is 16.8. The van der Waals surface area contributed by atoms with Crippen molar-refractivity contribution in [3.05, 3.63) is 34.9 Å². The van der Waals surface area contributed by atoms with Crippen molar-refractivity contribution in [2.24, 2.45) is 50.2 Å². The number of carbonyl (C=O) groups is 3. The standard InChI is InChI=1S/C62H96O27/c1-11-26(3)51(78)88-48-49(89-52(79)27(4)12-2)62(25-65)29(19-57(48,5)6)28-13-14-34-58(7)17-16-36(59(8,24-64)33(58)15-18-60(34,9)61(28,10)20-35(62)68)83-56-47(87-54-42(74)40(72)39(71)32(21-63)82-54)44(43(75)45(85-56)50(76)77)84-55-46(38(70)31(67)23-81-55)86-53-41(73)37(69)30(66)22-80-53/h11-13,29-49,53-56,63-75H,14-25H2,1-10H3,(H,76,77)/b26-11-,27-12-/t29?,30-,31+,32-,33?,34?,35-,36+,37+,38+,39+,40+,41-,42-,43+,44+,45+,46-,47-,48+,49+,53+,54+,55+,56-,58+,59+,60-,61-,62+/m1/s1. The summed E-state index contributed by atoms with van der Waals surface area (Å²) in [6.45, 7) is 15.7. The zero-order chi connectivity index (χ0) is 65.6. The van der Waals surface area contributed by atoms with Crippen LogP contribution in [0.2, 0.25) is 0 Å². The molecule has 0 bridgehead atoms. The van der Waals surface area contributed by atoms with Gasteiger partial charge in [0.25, 0.3) is 0 Å². The Balaban J connectivity index is 1.06. The van der Waals surface area contributed by atoms with E-state index < -0.39 is 224 Å². The fraction of sp³-hybridized carbons (Fsp3) is 0.855. The van der Waals surface area contributed by atoms with Crippen LogP contribution in [0.5, 0.6) is 0 Å². The number of carbonyl (C=O) groups excluding carboxylic acids is 2. The number of esters is 2. The first-order valence-corrected chi connectivity index (χ1v) is 31.1. The minimum Gasteiger partial charge on any atom is -0.479 e. The van der Waals surface area contributed by atoms with Crippen molar-refractivity contribution >= 4 is 17.9 Å². The number of carboxylic acids is 1. The van der Waals surface area contributed by atoms with E-state index in [-0.39, 0.29) is 30.3 Å². The lowest BCUT2D eigenvalue weighted by molar-refractivity contribution is -0.400. The molecule has 9 aliphatic rings. The molecule has 89 heavy (non-hydrogen) atoms. The summed E-state index contributed by atoms with van der Waals surface area (Å²) in [5.74, 6) is -4.09. The molecular weight excluding hydrogens is 1180 g/mol. The first-order chi connectivity index (χ1) is 41.7. The molecule has 3 unspecified atom stereocenters. The summed E-state index contributed by atoms with van der Waals surface area (Å²) in [6.07, 6.45) is -31.0. The number of allylic oxidation sites excluding steroid dienone is 4. The van der Waals surface area contributed by atoms with E-state index >= 15 is 0 Å². The Bertz CT molecular complexity index is 2650. The molecular formula is C62H96O27. The van der Waals surface area contributed by atoms with Crippen molar-refractivity contribution in [3.63, 3.8) is 0 Å². The highest BCUT2D eigenvalue weighted by Gasteiger charge is 2.74. The van der Waals surface area contributed by atoms with Crippen LogP contribution in [-0.4, -0.2) is 257 Å².